The van der Waals surface area contributed by atoms with Gasteiger partial charge in [-0.25, -0.2) is 14.6 Å². The minimum Gasteiger partial charge on any atom is -0.487 e. The van der Waals surface area contributed by atoms with E-state index in [0.29, 0.717) is 13.0 Å². The first-order valence-electron chi connectivity index (χ1n) is 10.3. The van der Waals surface area contributed by atoms with E-state index in [0.717, 1.165) is 24.2 Å². The van der Waals surface area contributed by atoms with Crippen LogP contribution in [0.4, 0.5) is 9.59 Å². The maximum absolute atomic E-state index is 12.4. The number of carbonyl (C=O) groups excluding carboxylic acids is 2. The normalized spacial score (nSPS) is 17.3. The molecule has 1 N–H and O–H groups in total. The Hall–Kier alpha value is -2.91. The van der Waals surface area contributed by atoms with Crippen LogP contribution in [0.15, 0.2) is 16.3 Å². The number of hydrogen-bond donors (Lipinski definition) is 1. The summed E-state index contributed by atoms with van der Waals surface area (Å²) in [6.45, 7) is 11.1. The molecule has 1 aromatic rings. The molecule has 0 radical (unpaired) electrons. The zero-order valence-corrected chi connectivity index (χ0v) is 19.4. The van der Waals surface area contributed by atoms with Crippen molar-refractivity contribution in [3.8, 4) is 0 Å². The number of hydrogen-bond acceptors (Lipinski definition) is 7. The summed E-state index contributed by atoms with van der Waals surface area (Å²) >= 11 is 0. The lowest BCUT2D eigenvalue weighted by Crippen LogP contribution is -2.41. The highest BCUT2D eigenvalue weighted by atomic mass is 16.6. The highest BCUT2D eigenvalue weighted by Crippen LogP contribution is 2.25. The second-order valence-electron chi connectivity index (χ2n) is 9.37. The lowest BCUT2D eigenvalue weighted by Gasteiger charge is -2.23. The number of aliphatic imine (C=N–C) groups is 2. The van der Waals surface area contributed by atoms with Gasteiger partial charge in [0.05, 0.1) is 12.8 Å². The van der Waals surface area contributed by atoms with Crippen molar-refractivity contribution in [3.63, 3.8) is 0 Å². The van der Waals surface area contributed by atoms with Gasteiger partial charge in [0.2, 0.25) is 5.96 Å². The number of methoxy groups -OCH3 is 1. The summed E-state index contributed by atoms with van der Waals surface area (Å²) in [5.74, 6) is 0.261. The number of imidazole rings is 1. The number of amides is 2. The molecule has 1 atom stereocenters. The number of nitrogens with one attached hydrogen (secondary N) is 1. The summed E-state index contributed by atoms with van der Waals surface area (Å²) in [4.78, 5) is 37.5. The fourth-order valence-corrected chi connectivity index (χ4v) is 3.07. The van der Waals surface area contributed by atoms with Crippen molar-refractivity contribution in [2.75, 3.05) is 13.7 Å². The quantitative estimate of drug-likeness (QED) is 0.575. The number of aryl methyl sites for hydroxylation is 1. The third-order valence-electron chi connectivity index (χ3n) is 4.20. The Kier molecular flexibility index (Phi) is 7.80. The van der Waals surface area contributed by atoms with Gasteiger partial charge < -0.3 is 14.2 Å². The molecule has 1 aliphatic carbocycles. The maximum atomic E-state index is 12.4. The summed E-state index contributed by atoms with van der Waals surface area (Å²) in [6.07, 6.45) is 3.79. The van der Waals surface area contributed by atoms with E-state index in [2.05, 4.69) is 20.3 Å². The third-order valence-corrected chi connectivity index (χ3v) is 4.20. The van der Waals surface area contributed by atoms with Gasteiger partial charge in [0.25, 0.3) is 0 Å². The fourth-order valence-electron chi connectivity index (χ4n) is 3.07. The topological polar surface area (TPSA) is 116 Å². The number of ether oxygens (including phenoxy) is 3. The number of alkyl carbamates (subject to hydrolysis) is 1. The Morgan fingerprint density at radius 3 is 2.52 bits per heavy atom. The Morgan fingerprint density at radius 1 is 1.23 bits per heavy atom. The monoisotopic (exact) mass is 435 g/mol. The smallest absolute Gasteiger partial charge is 0.437 e. The van der Waals surface area contributed by atoms with E-state index >= 15 is 0 Å². The molecule has 31 heavy (non-hydrogen) atoms. The van der Waals surface area contributed by atoms with Crippen molar-refractivity contribution in [2.24, 2.45) is 15.9 Å². The molecule has 0 spiro atoms. The minimum atomic E-state index is -0.821. The molecule has 172 valence electrons. The van der Waals surface area contributed by atoms with E-state index < -0.39 is 23.4 Å². The Labute approximate surface area is 183 Å². The van der Waals surface area contributed by atoms with E-state index in [1.165, 1.54) is 6.40 Å². The number of nitrogens with zero attached hydrogens (tertiary/aromatic N) is 4. The summed E-state index contributed by atoms with van der Waals surface area (Å²) in [6, 6.07) is 0. The average molecular weight is 436 g/mol. The van der Waals surface area contributed by atoms with Crippen LogP contribution in [0.3, 0.4) is 0 Å². The molecule has 0 aliphatic heterocycles. The van der Waals surface area contributed by atoms with Gasteiger partial charge in [-0.3, -0.25) is 14.9 Å². The largest absolute Gasteiger partial charge is 0.487 e. The van der Waals surface area contributed by atoms with Crippen LogP contribution in [0.5, 0.6) is 0 Å². The van der Waals surface area contributed by atoms with Gasteiger partial charge in [-0.05, 0) is 66.7 Å². The second kappa shape index (κ2) is 9.93. The number of rotatable bonds is 3. The lowest BCUT2D eigenvalue weighted by molar-refractivity contribution is 0.0560. The summed E-state index contributed by atoms with van der Waals surface area (Å²) in [7, 11) is 1.55. The Bertz CT molecular complexity index is 845. The van der Waals surface area contributed by atoms with E-state index in [9.17, 15) is 9.59 Å². The van der Waals surface area contributed by atoms with Crippen LogP contribution in [0.2, 0.25) is 0 Å². The van der Waals surface area contributed by atoms with Crippen molar-refractivity contribution in [3.05, 3.63) is 17.7 Å². The number of carbonyl (C=O) groups is 2. The summed E-state index contributed by atoms with van der Waals surface area (Å²) < 4.78 is 17.1. The molecule has 0 fully saturated rings. The van der Waals surface area contributed by atoms with Crippen molar-refractivity contribution < 1.29 is 23.8 Å². The third kappa shape index (κ3) is 8.03. The molecule has 1 aliphatic rings. The van der Waals surface area contributed by atoms with Gasteiger partial charge in [-0.2, -0.15) is 0 Å². The van der Waals surface area contributed by atoms with Crippen LogP contribution < -0.4 is 5.32 Å². The van der Waals surface area contributed by atoms with Gasteiger partial charge >= 0.3 is 12.2 Å². The molecular weight excluding hydrogens is 402 g/mol. The van der Waals surface area contributed by atoms with Gasteiger partial charge in [0, 0.05) is 12.2 Å². The number of aromatic nitrogens is 2. The first-order valence-corrected chi connectivity index (χ1v) is 10.3. The predicted octanol–water partition coefficient (Wildman–Crippen LogP) is 3.33. The van der Waals surface area contributed by atoms with Crippen molar-refractivity contribution >= 4 is 24.5 Å². The zero-order chi connectivity index (χ0) is 23.2. The fraction of sp³-hybridized carbons (Fsp3) is 0.667. The molecule has 2 amide bonds. The molecule has 0 saturated heterocycles. The van der Waals surface area contributed by atoms with Crippen LogP contribution in [0.25, 0.3) is 0 Å². The highest BCUT2D eigenvalue weighted by molar-refractivity contribution is 6.00. The average Bonchev–Trinajstić information content (AvgIpc) is 3.01. The van der Waals surface area contributed by atoms with Gasteiger partial charge in [-0.1, -0.05) is 0 Å². The van der Waals surface area contributed by atoms with Gasteiger partial charge in [0.1, 0.15) is 17.5 Å². The van der Waals surface area contributed by atoms with Gasteiger partial charge in [-0.15, -0.1) is 4.99 Å². The summed E-state index contributed by atoms with van der Waals surface area (Å²) in [5.41, 5.74) is 0.327. The molecule has 0 aromatic carbocycles. The molecule has 10 heteroatoms. The minimum absolute atomic E-state index is 0.0155. The predicted molar refractivity (Wildman–Crippen MR) is 117 cm³/mol. The van der Waals surface area contributed by atoms with E-state index in [4.69, 9.17) is 14.2 Å². The standard InChI is InChI=1S/C21H33N5O5/c1-20(2,3)30-18(27)24-17(25-19(28)31-21(4,5)6)26-12-23-15-9-8-14(10-16(15)26)11-22-13-29-7/h12-14H,8-11H2,1-7H3,(H,24,25,27,28)/b22-13+. The molecule has 1 aromatic heterocycles. The Morgan fingerprint density at radius 2 is 1.90 bits per heavy atom. The van der Waals surface area contributed by atoms with E-state index in [-0.39, 0.29) is 11.9 Å². The Balaban J connectivity index is 2.32. The summed E-state index contributed by atoms with van der Waals surface area (Å²) in [5, 5.41) is 2.57. The van der Waals surface area contributed by atoms with Crippen LogP contribution in [0, 0.1) is 5.92 Å². The van der Waals surface area contributed by atoms with Crippen LogP contribution in [-0.4, -0.2) is 59.0 Å². The lowest BCUT2D eigenvalue weighted by atomic mass is 9.90. The maximum Gasteiger partial charge on any atom is 0.437 e. The molecule has 2 rings (SSSR count). The zero-order valence-electron chi connectivity index (χ0n) is 19.4. The molecule has 0 saturated carbocycles. The van der Waals surface area contributed by atoms with Crippen LogP contribution >= 0.6 is 0 Å². The van der Waals surface area contributed by atoms with Crippen molar-refractivity contribution in [1.82, 2.24) is 14.9 Å². The SMILES string of the molecule is CO/C=N/CC1CCc2ncn(/C(=N\C(=O)OC(C)(C)C)NC(=O)OC(C)(C)C)c2C1. The second-order valence-corrected chi connectivity index (χ2v) is 9.37. The van der Waals surface area contributed by atoms with Crippen molar-refractivity contribution in [2.45, 2.75) is 72.0 Å². The first kappa shape index (κ1) is 24.4. The molecule has 0 bridgehead atoms. The van der Waals surface area contributed by atoms with Gasteiger partial charge in [0.15, 0.2) is 6.40 Å². The van der Waals surface area contributed by atoms with E-state index in [1.807, 2.05) is 0 Å². The molecule has 1 unspecified atom stereocenters. The van der Waals surface area contributed by atoms with E-state index in [1.54, 1.807) is 59.5 Å². The highest BCUT2D eigenvalue weighted by Gasteiger charge is 2.27. The first-order chi connectivity index (χ1) is 14.4. The molecular formula is C21H33N5O5. The van der Waals surface area contributed by atoms with Crippen LogP contribution in [0.1, 0.15) is 59.4 Å². The van der Waals surface area contributed by atoms with Crippen molar-refractivity contribution in [1.29, 1.82) is 0 Å². The molecule has 10 nitrogen and oxygen atoms in total. The number of fused-ring (bicyclic) bond motifs is 1. The van der Waals surface area contributed by atoms with Crippen LogP contribution in [-0.2, 0) is 27.1 Å². The molecule has 1 heterocycles.